The molecule has 2 N–H and O–H groups in total. The van der Waals surface area contributed by atoms with E-state index >= 15 is 0 Å². The highest BCUT2D eigenvalue weighted by Gasteiger charge is 2.07. The summed E-state index contributed by atoms with van der Waals surface area (Å²) in [4.78, 5) is 4.24. The Bertz CT molecular complexity index is 336. The molecule has 0 fully saturated rings. The van der Waals surface area contributed by atoms with E-state index in [1.807, 2.05) is 12.1 Å². The van der Waals surface area contributed by atoms with Crippen LogP contribution in [-0.2, 0) is 0 Å². The average Bonchev–Trinajstić information content (AvgIpc) is 2.27. The number of halogens is 1. The summed E-state index contributed by atoms with van der Waals surface area (Å²) in [5.41, 5.74) is 0. The number of pyridine rings is 1. The van der Waals surface area contributed by atoms with Gasteiger partial charge in [0.1, 0.15) is 5.03 Å². The van der Waals surface area contributed by atoms with Crippen molar-refractivity contribution < 1.29 is 5.11 Å². The number of nitrogens with zero attached hydrogens (tertiary/aromatic N) is 1. The Balaban J connectivity index is 2.24. The molecule has 0 amide bonds. The van der Waals surface area contributed by atoms with E-state index in [2.05, 4.69) is 40.1 Å². The van der Waals surface area contributed by atoms with Crippen molar-refractivity contribution in [2.24, 2.45) is 5.92 Å². The fourth-order valence-electron chi connectivity index (χ4n) is 1.25. The van der Waals surface area contributed by atoms with Gasteiger partial charge in [0.2, 0.25) is 0 Å². The Hall–Kier alpha value is -0.100. The van der Waals surface area contributed by atoms with E-state index in [0.717, 1.165) is 16.0 Å². The monoisotopic (exact) mass is 318 g/mol. The fourth-order valence-corrected chi connectivity index (χ4v) is 2.66. The summed E-state index contributed by atoms with van der Waals surface area (Å²) in [6.45, 7) is 5.88. The van der Waals surface area contributed by atoms with Crippen LogP contribution in [0.25, 0.3) is 0 Å². The second-order valence-corrected chi connectivity index (χ2v) is 6.17. The molecule has 1 rings (SSSR count). The van der Waals surface area contributed by atoms with Crippen LogP contribution in [0.2, 0.25) is 0 Å². The minimum atomic E-state index is -0.340. The lowest BCUT2D eigenvalue weighted by Gasteiger charge is -2.12. The molecule has 0 radical (unpaired) electrons. The minimum Gasteiger partial charge on any atom is -0.391 e. The van der Waals surface area contributed by atoms with Crippen molar-refractivity contribution in [3.63, 3.8) is 0 Å². The van der Waals surface area contributed by atoms with Gasteiger partial charge in [0.25, 0.3) is 0 Å². The molecule has 0 aliphatic carbocycles. The predicted octanol–water partition coefficient (Wildman–Crippen LogP) is 2.54. The number of rotatable bonds is 7. The van der Waals surface area contributed by atoms with E-state index in [4.69, 9.17) is 0 Å². The maximum Gasteiger partial charge on any atom is 0.110 e. The molecule has 0 saturated carbocycles. The van der Waals surface area contributed by atoms with Crippen LogP contribution in [0.5, 0.6) is 0 Å². The number of hydrogen-bond acceptors (Lipinski definition) is 4. The second kappa shape index (κ2) is 8.08. The van der Waals surface area contributed by atoms with Gasteiger partial charge in [-0.3, -0.25) is 0 Å². The molecule has 3 nitrogen and oxygen atoms in total. The summed E-state index contributed by atoms with van der Waals surface area (Å²) in [5.74, 6) is 1.26. The van der Waals surface area contributed by atoms with Crippen LogP contribution in [-0.4, -0.2) is 35.0 Å². The number of hydrogen-bond donors (Lipinski definition) is 2. The molecule has 0 saturated heterocycles. The van der Waals surface area contributed by atoms with E-state index in [0.29, 0.717) is 18.2 Å². The molecule has 0 aliphatic rings. The zero-order chi connectivity index (χ0) is 12.7. The number of aromatic nitrogens is 1. The molecule has 0 aliphatic heterocycles. The van der Waals surface area contributed by atoms with Crippen molar-refractivity contribution in [1.29, 1.82) is 0 Å². The molecule has 1 aromatic heterocycles. The van der Waals surface area contributed by atoms with Crippen LogP contribution in [0, 0.1) is 5.92 Å². The molecular formula is C12H19BrN2OS. The van der Waals surface area contributed by atoms with Gasteiger partial charge in [-0.1, -0.05) is 13.8 Å². The van der Waals surface area contributed by atoms with Gasteiger partial charge >= 0.3 is 0 Å². The van der Waals surface area contributed by atoms with Gasteiger partial charge in [0.05, 0.1) is 6.10 Å². The van der Waals surface area contributed by atoms with Crippen LogP contribution < -0.4 is 5.32 Å². The first-order valence-corrected chi connectivity index (χ1v) is 7.49. The Morgan fingerprint density at radius 1 is 1.47 bits per heavy atom. The smallest absolute Gasteiger partial charge is 0.110 e. The summed E-state index contributed by atoms with van der Waals surface area (Å²) >= 11 is 5.00. The largest absolute Gasteiger partial charge is 0.391 e. The number of thioether (sulfide) groups is 1. The maximum absolute atomic E-state index is 9.79. The van der Waals surface area contributed by atoms with Crippen molar-refractivity contribution >= 4 is 27.7 Å². The van der Waals surface area contributed by atoms with Gasteiger partial charge in [0, 0.05) is 23.0 Å². The zero-order valence-corrected chi connectivity index (χ0v) is 12.6. The van der Waals surface area contributed by atoms with Gasteiger partial charge in [-0.05, 0) is 40.5 Å². The molecule has 1 unspecified atom stereocenters. The van der Waals surface area contributed by atoms with Gasteiger partial charge in [0.15, 0.2) is 0 Å². The number of nitrogens with one attached hydrogen (secondary N) is 1. The first-order valence-electron chi connectivity index (χ1n) is 5.71. The third-order valence-corrected chi connectivity index (χ3v) is 4.12. The highest BCUT2D eigenvalue weighted by Crippen LogP contribution is 2.24. The molecule has 96 valence electrons. The van der Waals surface area contributed by atoms with E-state index in [1.54, 1.807) is 18.0 Å². The van der Waals surface area contributed by atoms with Gasteiger partial charge in [-0.2, -0.15) is 0 Å². The molecule has 1 heterocycles. The van der Waals surface area contributed by atoms with Crippen LogP contribution in [0.15, 0.2) is 27.8 Å². The molecule has 1 aromatic rings. The molecule has 0 bridgehead atoms. The van der Waals surface area contributed by atoms with Crippen molar-refractivity contribution in [3.05, 3.63) is 22.8 Å². The summed E-state index contributed by atoms with van der Waals surface area (Å²) in [6.07, 6.45) is 1.42. The van der Waals surface area contributed by atoms with Gasteiger partial charge < -0.3 is 10.4 Å². The van der Waals surface area contributed by atoms with E-state index < -0.39 is 0 Å². The zero-order valence-electron chi connectivity index (χ0n) is 10.2. The van der Waals surface area contributed by atoms with Crippen molar-refractivity contribution in [2.45, 2.75) is 25.0 Å². The second-order valence-electron chi connectivity index (χ2n) is 4.31. The third kappa shape index (κ3) is 6.41. The van der Waals surface area contributed by atoms with Crippen molar-refractivity contribution in [2.75, 3.05) is 18.8 Å². The average molecular weight is 319 g/mol. The highest BCUT2D eigenvalue weighted by atomic mass is 79.9. The van der Waals surface area contributed by atoms with E-state index in [9.17, 15) is 5.11 Å². The summed E-state index contributed by atoms with van der Waals surface area (Å²) in [6, 6.07) is 3.84. The Morgan fingerprint density at radius 3 is 2.88 bits per heavy atom. The van der Waals surface area contributed by atoms with Crippen LogP contribution in [0.4, 0.5) is 0 Å². The number of aliphatic hydroxyl groups excluding tert-OH is 1. The minimum absolute atomic E-state index is 0.340. The number of aliphatic hydroxyl groups is 1. The molecule has 1 atom stereocenters. The topological polar surface area (TPSA) is 45.1 Å². The SMILES string of the molecule is CC(C)CNCC(O)CSc1ncccc1Br. The summed E-state index contributed by atoms with van der Waals surface area (Å²) in [7, 11) is 0. The molecule has 5 heteroatoms. The normalized spacial score (nSPS) is 13.0. The lowest BCUT2D eigenvalue weighted by molar-refractivity contribution is 0.194. The highest BCUT2D eigenvalue weighted by molar-refractivity contribution is 9.10. The quantitative estimate of drug-likeness (QED) is 0.758. The fraction of sp³-hybridized carbons (Fsp3) is 0.583. The maximum atomic E-state index is 9.79. The predicted molar refractivity (Wildman–Crippen MR) is 76.4 cm³/mol. The molecule has 0 aromatic carbocycles. The molecular weight excluding hydrogens is 300 g/mol. The Morgan fingerprint density at radius 2 is 2.24 bits per heavy atom. The molecule has 17 heavy (non-hydrogen) atoms. The lowest BCUT2D eigenvalue weighted by atomic mass is 10.2. The first-order chi connectivity index (χ1) is 8.09. The molecule has 0 spiro atoms. The van der Waals surface area contributed by atoms with Gasteiger partial charge in [-0.25, -0.2) is 4.98 Å². The Labute approximate surface area is 116 Å². The third-order valence-electron chi connectivity index (χ3n) is 2.07. The standard InChI is InChI=1S/C12H19BrN2OS/c1-9(2)6-14-7-10(16)8-17-12-11(13)4-3-5-15-12/h3-5,9-10,14,16H,6-8H2,1-2H3. The first kappa shape index (κ1) is 15.0. The Kier molecular flexibility index (Phi) is 7.11. The van der Waals surface area contributed by atoms with E-state index in [1.165, 1.54) is 0 Å². The lowest BCUT2D eigenvalue weighted by Crippen LogP contribution is -2.31. The van der Waals surface area contributed by atoms with Crippen molar-refractivity contribution in [1.82, 2.24) is 10.3 Å². The summed E-state index contributed by atoms with van der Waals surface area (Å²) in [5, 5.41) is 14.0. The van der Waals surface area contributed by atoms with Crippen molar-refractivity contribution in [3.8, 4) is 0 Å². The van der Waals surface area contributed by atoms with Crippen LogP contribution >= 0.6 is 27.7 Å². The summed E-state index contributed by atoms with van der Waals surface area (Å²) < 4.78 is 0.979. The van der Waals surface area contributed by atoms with Gasteiger partial charge in [-0.15, -0.1) is 11.8 Å². The van der Waals surface area contributed by atoms with E-state index in [-0.39, 0.29) is 6.10 Å². The van der Waals surface area contributed by atoms with Crippen LogP contribution in [0.3, 0.4) is 0 Å². The van der Waals surface area contributed by atoms with Crippen LogP contribution in [0.1, 0.15) is 13.8 Å².